The van der Waals surface area contributed by atoms with Crippen LogP contribution in [-0.4, -0.2) is 67.1 Å². The van der Waals surface area contributed by atoms with Gasteiger partial charge in [-0.05, 0) is 64.3 Å². The van der Waals surface area contributed by atoms with Crippen LogP contribution in [0.4, 0.5) is 13.6 Å². The lowest BCUT2D eigenvalue weighted by Gasteiger charge is -2.46. The second-order valence-electron chi connectivity index (χ2n) is 10.6. The summed E-state index contributed by atoms with van der Waals surface area (Å²) in [6.07, 6.45) is -1.71. The normalized spacial score (nSPS) is 15.5. The maximum Gasteiger partial charge on any atom is 0.332 e. The third kappa shape index (κ3) is 8.01. The molecule has 1 aliphatic rings. The van der Waals surface area contributed by atoms with Crippen molar-refractivity contribution in [1.29, 1.82) is 0 Å². The van der Waals surface area contributed by atoms with Crippen molar-refractivity contribution in [2.24, 2.45) is 0 Å². The fourth-order valence-electron chi connectivity index (χ4n) is 5.34. The number of nitrogens with one attached hydrogen (secondary N) is 1. The van der Waals surface area contributed by atoms with Gasteiger partial charge >= 0.3 is 12.0 Å². The van der Waals surface area contributed by atoms with Gasteiger partial charge in [-0.2, -0.15) is 0 Å². The van der Waals surface area contributed by atoms with Crippen LogP contribution in [0.25, 0.3) is 0 Å². The smallest absolute Gasteiger partial charge is 0.332 e. The topological polar surface area (TPSA) is 103 Å². The summed E-state index contributed by atoms with van der Waals surface area (Å²) in [6, 6.07) is 9.81. The predicted octanol–water partition coefficient (Wildman–Crippen LogP) is 6.02. The van der Waals surface area contributed by atoms with Gasteiger partial charge in [0.1, 0.15) is 17.1 Å². The molecule has 2 amide bonds. The SMILES string of the molecule is CCOC(=O)C1(NC(=O)N(CCOCc2ccccc2)C(C)c2cc(OCC)c(C(C)=O)c(OCC)c2C)CC(F)(F)C1. The Bertz CT molecular complexity index is 1280. The van der Waals surface area contributed by atoms with Gasteiger partial charge in [-0.3, -0.25) is 4.79 Å². The van der Waals surface area contributed by atoms with E-state index in [0.717, 1.165) is 5.56 Å². The Kier molecular flexibility index (Phi) is 11.5. The Morgan fingerprint density at radius 1 is 1.02 bits per heavy atom. The molecule has 0 spiro atoms. The van der Waals surface area contributed by atoms with Crippen LogP contribution in [0.5, 0.6) is 11.5 Å². The molecule has 1 aliphatic carbocycles. The molecule has 0 radical (unpaired) electrons. The molecule has 1 unspecified atom stereocenters. The number of halogens is 2. The first-order chi connectivity index (χ1) is 20.4. The van der Waals surface area contributed by atoms with E-state index in [9.17, 15) is 23.2 Å². The van der Waals surface area contributed by atoms with E-state index in [1.54, 1.807) is 40.7 Å². The maximum absolute atomic E-state index is 14.1. The van der Waals surface area contributed by atoms with Crippen molar-refractivity contribution in [2.45, 2.75) is 78.5 Å². The lowest BCUT2D eigenvalue weighted by atomic mass is 9.73. The lowest BCUT2D eigenvalue weighted by molar-refractivity contribution is -0.181. The van der Waals surface area contributed by atoms with Crippen LogP contribution in [0.3, 0.4) is 0 Å². The molecule has 2 aromatic rings. The third-order valence-electron chi connectivity index (χ3n) is 7.37. The van der Waals surface area contributed by atoms with E-state index in [1.165, 1.54) is 11.8 Å². The van der Waals surface area contributed by atoms with E-state index < -0.39 is 42.3 Å². The van der Waals surface area contributed by atoms with Crippen LogP contribution in [0.1, 0.15) is 80.6 Å². The number of rotatable bonds is 15. The molecule has 0 heterocycles. The summed E-state index contributed by atoms with van der Waals surface area (Å²) in [5.74, 6) is -3.58. The van der Waals surface area contributed by atoms with Gasteiger partial charge in [0.05, 0.1) is 39.1 Å². The number of hydrogen-bond acceptors (Lipinski definition) is 7. The molecule has 1 fully saturated rings. The zero-order valence-corrected chi connectivity index (χ0v) is 25.8. The monoisotopic (exact) mass is 604 g/mol. The highest BCUT2D eigenvalue weighted by atomic mass is 19.3. The molecule has 0 saturated heterocycles. The summed E-state index contributed by atoms with van der Waals surface area (Å²) >= 11 is 0. The molecule has 3 rings (SSSR count). The van der Waals surface area contributed by atoms with Crippen LogP contribution < -0.4 is 14.8 Å². The number of nitrogens with zero attached hydrogens (tertiary/aromatic N) is 1. The van der Waals surface area contributed by atoms with Crippen molar-refractivity contribution in [2.75, 3.05) is 33.0 Å². The van der Waals surface area contributed by atoms with Gasteiger partial charge in [-0.1, -0.05) is 30.3 Å². The van der Waals surface area contributed by atoms with Gasteiger partial charge in [0.15, 0.2) is 11.3 Å². The van der Waals surface area contributed by atoms with E-state index in [0.29, 0.717) is 34.8 Å². The minimum atomic E-state index is -3.10. The number of urea groups is 1. The number of alkyl halides is 2. The minimum Gasteiger partial charge on any atom is -0.493 e. The van der Waals surface area contributed by atoms with Crippen molar-refractivity contribution in [3.8, 4) is 11.5 Å². The Hall–Kier alpha value is -3.73. The van der Waals surface area contributed by atoms with Crippen LogP contribution >= 0.6 is 0 Å². The number of amides is 2. The summed E-state index contributed by atoms with van der Waals surface area (Å²) in [5.41, 5.74) is 0.653. The first-order valence-electron chi connectivity index (χ1n) is 14.6. The summed E-state index contributed by atoms with van der Waals surface area (Å²) in [4.78, 5) is 40.6. The number of esters is 1. The average molecular weight is 605 g/mol. The molecular formula is C32H42F2N2O7. The van der Waals surface area contributed by atoms with Gasteiger partial charge in [0, 0.05) is 19.4 Å². The van der Waals surface area contributed by atoms with E-state index in [4.69, 9.17) is 18.9 Å². The fourth-order valence-corrected chi connectivity index (χ4v) is 5.34. The van der Waals surface area contributed by atoms with Crippen molar-refractivity contribution in [1.82, 2.24) is 10.2 Å². The highest BCUT2D eigenvalue weighted by molar-refractivity contribution is 6.00. The molecule has 0 bridgehead atoms. The summed E-state index contributed by atoms with van der Waals surface area (Å²) in [5, 5.41) is 2.57. The Labute approximate surface area is 251 Å². The number of benzene rings is 2. The van der Waals surface area contributed by atoms with Gasteiger partial charge < -0.3 is 29.2 Å². The van der Waals surface area contributed by atoms with Gasteiger partial charge in [0.25, 0.3) is 5.92 Å². The molecule has 2 aromatic carbocycles. The number of carbonyl (C=O) groups is 3. The van der Waals surface area contributed by atoms with Gasteiger partial charge in [0.2, 0.25) is 0 Å². The molecule has 43 heavy (non-hydrogen) atoms. The Balaban J connectivity index is 1.98. The highest BCUT2D eigenvalue weighted by Crippen LogP contribution is 2.47. The second kappa shape index (κ2) is 14.6. The summed E-state index contributed by atoms with van der Waals surface area (Å²) in [6.45, 7) is 11.2. The second-order valence-corrected chi connectivity index (χ2v) is 10.6. The number of carbonyl (C=O) groups excluding carboxylic acids is 3. The number of ether oxygens (including phenoxy) is 4. The maximum atomic E-state index is 14.1. The van der Waals surface area contributed by atoms with E-state index in [1.807, 2.05) is 30.3 Å². The molecular weight excluding hydrogens is 562 g/mol. The first-order valence-corrected chi connectivity index (χ1v) is 14.6. The van der Waals surface area contributed by atoms with Crippen molar-refractivity contribution >= 4 is 17.8 Å². The zero-order chi connectivity index (χ0) is 31.8. The molecule has 1 N–H and O–H groups in total. The largest absolute Gasteiger partial charge is 0.493 e. The number of hydrogen-bond donors (Lipinski definition) is 1. The fraction of sp³-hybridized carbons (Fsp3) is 0.531. The number of Topliss-reactive ketones (excluding diaryl/α,β-unsaturated/α-hetero) is 1. The van der Waals surface area contributed by atoms with E-state index >= 15 is 0 Å². The molecule has 1 atom stereocenters. The summed E-state index contributed by atoms with van der Waals surface area (Å²) in [7, 11) is 0. The van der Waals surface area contributed by atoms with Crippen LogP contribution in [0.15, 0.2) is 36.4 Å². The first kappa shape index (κ1) is 33.8. The quantitative estimate of drug-likeness (QED) is 0.151. The van der Waals surface area contributed by atoms with Crippen molar-refractivity contribution < 1.29 is 42.1 Å². The lowest BCUT2D eigenvalue weighted by Crippen LogP contribution is -2.68. The van der Waals surface area contributed by atoms with Gasteiger partial charge in [-0.15, -0.1) is 0 Å². The average Bonchev–Trinajstić information content (AvgIpc) is 2.93. The summed E-state index contributed by atoms with van der Waals surface area (Å²) < 4.78 is 50.7. The van der Waals surface area contributed by atoms with E-state index in [2.05, 4.69) is 5.32 Å². The predicted molar refractivity (Wildman–Crippen MR) is 157 cm³/mol. The van der Waals surface area contributed by atoms with Gasteiger partial charge in [-0.25, -0.2) is 18.4 Å². The zero-order valence-electron chi connectivity index (χ0n) is 25.8. The highest BCUT2D eigenvalue weighted by Gasteiger charge is 2.63. The molecule has 236 valence electrons. The minimum absolute atomic E-state index is 0.0163. The molecule has 0 aromatic heterocycles. The standard InChI is InChI=1S/C32H42F2N2O7/c1-7-41-26-17-25(21(4)28(42-8-2)27(26)23(6)37)22(5)36(15-16-40-18-24-13-11-10-12-14-24)30(39)35-31(29(38)43-9-3)19-32(33,34)20-31/h10-14,17,22H,7-9,15-16,18-20H2,1-6H3,(H,35,39). The molecule has 0 aliphatic heterocycles. The van der Waals surface area contributed by atoms with Crippen molar-refractivity contribution in [3.05, 3.63) is 58.7 Å². The molecule has 11 heteroatoms. The van der Waals surface area contributed by atoms with Crippen LogP contribution in [0.2, 0.25) is 0 Å². The Morgan fingerprint density at radius 3 is 2.23 bits per heavy atom. The molecule has 9 nitrogen and oxygen atoms in total. The Morgan fingerprint density at radius 2 is 1.67 bits per heavy atom. The third-order valence-corrected chi connectivity index (χ3v) is 7.37. The number of ketones is 1. The molecule has 1 saturated carbocycles. The van der Waals surface area contributed by atoms with Crippen molar-refractivity contribution in [3.63, 3.8) is 0 Å². The van der Waals surface area contributed by atoms with Crippen LogP contribution in [0, 0.1) is 6.92 Å². The van der Waals surface area contributed by atoms with Crippen LogP contribution in [-0.2, 0) is 20.9 Å². The van der Waals surface area contributed by atoms with E-state index in [-0.39, 0.29) is 38.8 Å².